The van der Waals surface area contributed by atoms with Gasteiger partial charge in [-0.05, 0) is 29.9 Å². The maximum atomic E-state index is 2.45. The van der Waals surface area contributed by atoms with Gasteiger partial charge >= 0.3 is 0 Å². The van der Waals surface area contributed by atoms with Gasteiger partial charge in [-0.2, -0.15) is 0 Å². The lowest BCUT2D eigenvalue weighted by atomic mass is 9.89. The van der Waals surface area contributed by atoms with Gasteiger partial charge in [0.15, 0.2) is 0 Å². The molecule has 0 bridgehead atoms. The average Bonchev–Trinajstić information content (AvgIpc) is 2.92. The highest BCUT2D eigenvalue weighted by atomic mass is 14.8. The molecule has 0 amide bonds. The van der Waals surface area contributed by atoms with Gasteiger partial charge in [0.05, 0.1) is 0 Å². The van der Waals surface area contributed by atoms with E-state index in [1.54, 1.807) is 16.7 Å². The maximum Gasteiger partial charge on any atom is 0.0240 e. The highest BCUT2D eigenvalue weighted by Crippen LogP contribution is 2.81. The Bertz CT molecular complexity index is 414. The predicted molar refractivity (Wildman–Crippen MR) is 48.0 cm³/mol. The van der Waals surface area contributed by atoms with Gasteiger partial charge < -0.3 is 0 Å². The first kappa shape index (κ1) is 5.58. The molecule has 0 heterocycles. The lowest BCUT2D eigenvalue weighted by Gasteiger charge is -2.15. The molecule has 2 fully saturated rings. The molecule has 58 valence electrons. The van der Waals surface area contributed by atoms with Crippen LogP contribution in [0.15, 0.2) is 35.9 Å². The van der Waals surface area contributed by atoms with Crippen molar-refractivity contribution in [3.63, 3.8) is 0 Å². The Kier molecular flexibility index (Phi) is 0.648. The van der Waals surface area contributed by atoms with Crippen molar-refractivity contribution in [3.05, 3.63) is 47.0 Å². The molecule has 1 spiro atoms. The summed E-state index contributed by atoms with van der Waals surface area (Å²) in [6, 6.07) is 8.96. The number of rotatable bonds is 0. The standard InChI is InChI=1S/C12H10/c1-2-4-9-8(3-1)5-6-10-11-7-12(9,10)11/h1-4,6,11H,5,7H2/t11?,12-/m0/s1. The molecular formula is C12H10. The normalized spacial score (nSPS) is 39.0. The van der Waals surface area contributed by atoms with Crippen LogP contribution in [0.4, 0.5) is 0 Å². The zero-order chi connectivity index (χ0) is 7.76. The van der Waals surface area contributed by atoms with E-state index in [1.807, 2.05) is 0 Å². The third-order valence-electron chi connectivity index (χ3n) is 3.81. The minimum atomic E-state index is 0.606. The van der Waals surface area contributed by atoms with Crippen LogP contribution in [-0.2, 0) is 11.8 Å². The number of benzene rings is 1. The second-order valence-corrected chi connectivity index (χ2v) is 4.25. The van der Waals surface area contributed by atoms with E-state index in [1.165, 1.54) is 12.8 Å². The van der Waals surface area contributed by atoms with Crippen LogP contribution in [0, 0.1) is 5.92 Å². The molecule has 0 nitrogen and oxygen atoms in total. The Hall–Kier alpha value is -1.04. The molecule has 0 N–H and O–H groups in total. The lowest BCUT2D eigenvalue weighted by molar-refractivity contribution is 0.900. The molecule has 1 unspecified atom stereocenters. The molecule has 1 aromatic carbocycles. The largest absolute Gasteiger partial charge is 0.0797 e. The first-order chi connectivity index (χ1) is 5.93. The van der Waals surface area contributed by atoms with Gasteiger partial charge in [-0.1, -0.05) is 35.9 Å². The topological polar surface area (TPSA) is 0 Å². The van der Waals surface area contributed by atoms with Crippen molar-refractivity contribution in [1.82, 2.24) is 0 Å². The van der Waals surface area contributed by atoms with Crippen LogP contribution in [0.2, 0.25) is 0 Å². The van der Waals surface area contributed by atoms with Gasteiger partial charge in [-0.15, -0.1) is 0 Å². The van der Waals surface area contributed by atoms with E-state index in [0.29, 0.717) is 5.41 Å². The quantitative estimate of drug-likeness (QED) is 0.503. The lowest BCUT2D eigenvalue weighted by Crippen LogP contribution is -2.05. The summed E-state index contributed by atoms with van der Waals surface area (Å²) in [4.78, 5) is 0. The van der Waals surface area contributed by atoms with Gasteiger partial charge in [0.1, 0.15) is 0 Å². The molecule has 4 rings (SSSR count). The van der Waals surface area contributed by atoms with E-state index in [2.05, 4.69) is 30.3 Å². The first-order valence-electron chi connectivity index (χ1n) is 4.72. The number of allylic oxidation sites excluding steroid dienone is 2. The summed E-state index contributed by atoms with van der Waals surface area (Å²) in [6.45, 7) is 0. The molecule has 12 heavy (non-hydrogen) atoms. The van der Waals surface area contributed by atoms with Gasteiger partial charge in [-0.3, -0.25) is 0 Å². The summed E-state index contributed by atoms with van der Waals surface area (Å²) in [5, 5.41) is 0. The molecule has 2 saturated carbocycles. The van der Waals surface area contributed by atoms with E-state index >= 15 is 0 Å². The summed E-state index contributed by atoms with van der Waals surface area (Å²) in [7, 11) is 0. The Morgan fingerprint density at radius 3 is 3.08 bits per heavy atom. The van der Waals surface area contributed by atoms with Crippen LogP contribution in [-0.4, -0.2) is 0 Å². The fourth-order valence-electron chi connectivity index (χ4n) is 2.96. The van der Waals surface area contributed by atoms with E-state index in [4.69, 9.17) is 0 Å². The van der Waals surface area contributed by atoms with Crippen molar-refractivity contribution in [2.24, 2.45) is 5.92 Å². The van der Waals surface area contributed by atoms with Crippen LogP contribution in [0.5, 0.6) is 0 Å². The van der Waals surface area contributed by atoms with Crippen LogP contribution in [0.1, 0.15) is 17.5 Å². The fraction of sp³-hybridized carbons (Fsp3) is 0.333. The Morgan fingerprint density at radius 1 is 1.25 bits per heavy atom. The van der Waals surface area contributed by atoms with Gasteiger partial charge in [0.2, 0.25) is 0 Å². The smallest absolute Gasteiger partial charge is 0.0240 e. The molecule has 3 aliphatic carbocycles. The Labute approximate surface area is 71.9 Å². The van der Waals surface area contributed by atoms with Crippen LogP contribution >= 0.6 is 0 Å². The second-order valence-electron chi connectivity index (χ2n) is 4.25. The highest BCUT2D eigenvalue weighted by molar-refractivity contribution is 5.68. The molecule has 0 aromatic heterocycles. The molecule has 0 aliphatic heterocycles. The van der Waals surface area contributed by atoms with Gasteiger partial charge in [0.25, 0.3) is 0 Å². The Morgan fingerprint density at radius 2 is 2.17 bits per heavy atom. The average molecular weight is 154 g/mol. The molecule has 0 heteroatoms. The number of hydrogen-bond acceptors (Lipinski definition) is 0. The number of hydrogen-bond donors (Lipinski definition) is 0. The molecule has 0 saturated heterocycles. The fourth-order valence-corrected chi connectivity index (χ4v) is 2.96. The monoisotopic (exact) mass is 154 g/mol. The third-order valence-corrected chi connectivity index (χ3v) is 3.81. The van der Waals surface area contributed by atoms with Crippen LogP contribution in [0.25, 0.3) is 0 Å². The van der Waals surface area contributed by atoms with Crippen molar-refractivity contribution < 1.29 is 0 Å². The SMILES string of the molecule is C1=C2C3C[C@]23c2ccccc2C1. The molecular weight excluding hydrogens is 144 g/mol. The molecule has 1 aromatic rings. The highest BCUT2D eigenvalue weighted by Gasteiger charge is 2.76. The van der Waals surface area contributed by atoms with E-state index in [0.717, 1.165) is 5.92 Å². The third kappa shape index (κ3) is 0.394. The first-order valence-corrected chi connectivity index (χ1v) is 4.72. The van der Waals surface area contributed by atoms with Crippen molar-refractivity contribution in [1.29, 1.82) is 0 Å². The Balaban J connectivity index is 2.05. The zero-order valence-corrected chi connectivity index (χ0v) is 6.88. The van der Waals surface area contributed by atoms with Crippen LogP contribution < -0.4 is 0 Å². The molecule has 3 aliphatic rings. The summed E-state index contributed by atoms with van der Waals surface area (Å²) in [5.41, 5.74) is 5.57. The second kappa shape index (κ2) is 1.39. The summed E-state index contributed by atoms with van der Waals surface area (Å²) >= 11 is 0. The zero-order valence-electron chi connectivity index (χ0n) is 6.88. The van der Waals surface area contributed by atoms with Crippen molar-refractivity contribution in [2.45, 2.75) is 18.3 Å². The minimum absolute atomic E-state index is 0.606. The van der Waals surface area contributed by atoms with Crippen LogP contribution in [0.3, 0.4) is 0 Å². The van der Waals surface area contributed by atoms with Crippen molar-refractivity contribution >= 4 is 0 Å². The molecule has 2 atom stereocenters. The number of fused-ring (bicyclic) bond motifs is 2. The maximum absolute atomic E-state index is 2.45. The summed E-state index contributed by atoms with van der Waals surface area (Å²) in [5.74, 6) is 0.973. The van der Waals surface area contributed by atoms with E-state index < -0.39 is 0 Å². The molecule has 0 radical (unpaired) electrons. The minimum Gasteiger partial charge on any atom is -0.0797 e. The van der Waals surface area contributed by atoms with E-state index in [9.17, 15) is 0 Å². The summed E-state index contributed by atoms with van der Waals surface area (Å²) < 4.78 is 0. The predicted octanol–water partition coefficient (Wildman–Crippen LogP) is 2.44. The van der Waals surface area contributed by atoms with Gasteiger partial charge in [-0.25, -0.2) is 0 Å². The van der Waals surface area contributed by atoms with E-state index in [-0.39, 0.29) is 0 Å². The van der Waals surface area contributed by atoms with Gasteiger partial charge in [0, 0.05) is 5.41 Å². The van der Waals surface area contributed by atoms with Crippen molar-refractivity contribution in [2.75, 3.05) is 0 Å². The summed E-state index contributed by atoms with van der Waals surface area (Å²) in [6.07, 6.45) is 5.08. The van der Waals surface area contributed by atoms with Crippen molar-refractivity contribution in [3.8, 4) is 0 Å².